The number of rotatable bonds is 4. The summed E-state index contributed by atoms with van der Waals surface area (Å²) in [7, 11) is 1.46. The van der Waals surface area contributed by atoms with Crippen molar-refractivity contribution in [1.29, 1.82) is 0 Å². The molecule has 2 unspecified atom stereocenters. The maximum absolute atomic E-state index is 12.4. The van der Waals surface area contributed by atoms with E-state index in [0.29, 0.717) is 11.4 Å². The minimum absolute atomic E-state index is 0.0394. The molecule has 0 radical (unpaired) electrons. The molecule has 2 amide bonds. The van der Waals surface area contributed by atoms with E-state index >= 15 is 0 Å². The van der Waals surface area contributed by atoms with Crippen LogP contribution in [-0.4, -0.2) is 37.0 Å². The number of nitrogens with zero attached hydrogens (tertiary/aromatic N) is 1. The summed E-state index contributed by atoms with van der Waals surface area (Å²) < 4.78 is 10.7. The predicted octanol–water partition coefficient (Wildman–Crippen LogP) is 1.78. The van der Waals surface area contributed by atoms with Crippen molar-refractivity contribution in [2.45, 2.75) is 31.8 Å². The molecule has 1 heterocycles. The third-order valence-electron chi connectivity index (χ3n) is 4.62. The minimum atomic E-state index is -0.961. The molecule has 1 aromatic rings. The molecule has 2 aliphatic rings. The van der Waals surface area contributed by atoms with E-state index in [0.717, 1.165) is 25.7 Å². The Hall–Kier alpha value is -3.16. The van der Waals surface area contributed by atoms with Gasteiger partial charge in [-0.2, -0.15) is 5.10 Å². The second-order valence-electron chi connectivity index (χ2n) is 6.36. The minimum Gasteiger partial charge on any atom is -0.496 e. The maximum Gasteiger partial charge on any atom is 0.329 e. The van der Waals surface area contributed by atoms with Gasteiger partial charge in [0.05, 0.1) is 36.8 Å². The Morgan fingerprint density at radius 2 is 2.00 bits per heavy atom. The van der Waals surface area contributed by atoms with Gasteiger partial charge in [0.1, 0.15) is 11.9 Å². The molecular weight excluding hydrogens is 350 g/mol. The van der Waals surface area contributed by atoms with Gasteiger partial charge >= 0.3 is 11.8 Å². The second-order valence-corrected chi connectivity index (χ2v) is 6.36. The Morgan fingerprint density at radius 3 is 2.81 bits per heavy atom. The molecule has 1 aliphatic carbocycles. The van der Waals surface area contributed by atoms with E-state index in [1.807, 2.05) is 0 Å². The number of para-hydroxylation sites is 2. The molecule has 1 saturated carbocycles. The van der Waals surface area contributed by atoms with Crippen LogP contribution in [0, 0.1) is 5.92 Å². The summed E-state index contributed by atoms with van der Waals surface area (Å²) in [4.78, 5) is 36.3. The van der Waals surface area contributed by atoms with Crippen LogP contribution in [0.2, 0.25) is 0 Å². The van der Waals surface area contributed by atoms with Gasteiger partial charge < -0.3 is 14.8 Å². The lowest BCUT2D eigenvalue weighted by Gasteiger charge is -2.33. The van der Waals surface area contributed by atoms with Crippen molar-refractivity contribution >= 4 is 29.5 Å². The second kappa shape index (κ2) is 8.48. The van der Waals surface area contributed by atoms with E-state index in [-0.39, 0.29) is 23.4 Å². The van der Waals surface area contributed by atoms with Gasteiger partial charge in [0, 0.05) is 0 Å². The number of ether oxygens (including phenoxy) is 2. The lowest BCUT2D eigenvalue weighted by Crippen LogP contribution is -2.37. The first-order valence-electron chi connectivity index (χ1n) is 8.77. The third kappa shape index (κ3) is 4.33. The molecule has 1 fully saturated rings. The van der Waals surface area contributed by atoms with E-state index < -0.39 is 11.8 Å². The van der Waals surface area contributed by atoms with Gasteiger partial charge in [-0.25, -0.2) is 5.43 Å². The number of hydrogen-bond acceptors (Lipinski definition) is 6. The number of hydrogen-bond donors (Lipinski definition) is 2. The van der Waals surface area contributed by atoms with E-state index in [4.69, 9.17) is 9.47 Å². The number of fused-ring (bicyclic) bond motifs is 1. The SMILES string of the molecule is COc1ccccc1NC(=O)C(=O)N/N=C/C1=COC2CCCCC2C1=O. The van der Waals surface area contributed by atoms with Gasteiger partial charge in [-0.05, 0) is 31.4 Å². The van der Waals surface area contributed by atoms with Gasteiger partial charge in [-0.15, -0.1) is 0 Å². The van der Waals surface area contributed by atoms with Gasteiger partial charge in [-0.3, -0.25) is 14.4 Å². The highest BCUT2D eigenvalue weighted by atomic mass is 16.5. The zero-order valence-corrected chi connectivity index (χ0v) is 14.9. The lowest BCUT2D eigenvalue weighted by molar-refractivity contribution is -0.136. The monoisotopic (exact) mass is 371 g/mol. The Morgan fingerprint density at radius 1 is 1.22 bits per heavy atom. The predicted molar refractivity (Wildman–Crippen MR) is 98.2 cm³/mol. The van der Waals surface area contributed by atoms with Crippen molar-refractivity contribution in [3.8, 4) is 5.75 Å². The summed E-state index contributed by atoms with van der Waals surface area (Å²) >= 11 is 0. The van der Waals surface area contributed by atoms with Gasteiger partial charge in [0.25, 0.3) is 0 Å². The van der Waals surface area contributed by atoms with Crippen molar-refractivity contribution in [1.82, 2.24) is 5.43 Å². The van der Waals surface area contributed by atoms with Crippen molar-refractivity contribution < 1.29 is 23.9 Å². The molecule has 0 aromatic heterocycles. The van der Waals surface area contributed by atoms with Crippen LogP contribution in [0.25, 0.3) is 0 Å². The number of methoxy groups -OCH3 is 1. The van der Waals surface area contributed by atoms with Crippen LogP contribution in [-0.2, 0) is 19.1 Å². The Bertz CT molecular complexity index is 802. The summed E-state index contributed by atoms with van der Waals surface area (Å²) in [5.41, 5.74) is 2.76. The number of amides is 2. The summed E-state index contributed by atoms with van der Waals surface area (Å²) in [6, 6.07) is 6.71. The number of carbonyl (C=O) groups excluding carboxylic acids is 3. The first-order chi connectivity index (χ1) is 13.1. The number of nitrogens with one attached hydrogen (secondary N) is 2. The molecule has 27 heavy (non-hydrogen) atoms. The van der Waals surface area contributed by atoms with E-state index in [2.05, 4.69) is 15.8 Å². The van der Waals surface area contributed by atoms with Crippen molar-refractivity contribution in [2.75, 3.05) is 12.4 Å². The quantitative estimate of drug-likeness (QED) is 0.477. The number of allylic oxidation sites excluding steroid dienone is 1. The molecule has 8 heteroatoms. The fourth-order valence-electron chi connectivity index (χ4n) is 3.22. The zero-order chi connectivity index (χ0) is 19.2. The number of carbonyl (C=O) groups is 3. The normalized spacial score (nSPS) is 21.7. The standard InChI is InChI=1S/C19H21N3O5/c1-26-16-9-5-3-7-14(16)21-18(24)19(25)22-20-10-12-11-27-15-8-4-2-6-13(15)17(12)23/h3,5,7,9-11,13,15H,2,4,6,8H2,1H3,(H,21,24)(H,22,25)/b20-10+. The largest absolute Gasteiger partial charge is 0.496 e. The van der Waals surface area contributed by atoms with Gasteiger partial charge in [-0.1, -0.05) is 18.6 Å². The number of anilines is 1. The highest BCUT2D eigenvalue weighted by molar-refractivity contribution is 6.39. The summed E-state index contributed by atoms with van der Waals surface area (Å²) in [5, 5.41) is 6.14. The number of benzene rings is 1. The molecule has 2 N–H and O–H groups in total. The Balaban J connectivity index is 1.56. The molecule has 0 saturated heterocycles. The fraction of sp³-hybridized carbons (Fsp3) is 0.368. The van der Waals surface area contributed by atoms with E-state index in [9.17, 15) is 14.4 Å². The van der Waals surface area contributed by atoms with Crippen LogP contribution >= 0.6 is 0 Å². The highest BCUT2D eigenvalue weighted by Crippen LogP contribution is 2.32. The molecule has 0 spiro atoms. The smallest absolute Gasteiger partial charge is 0.329 e. The third-order valence-corrected chi connectivity index (χ3v) is 4.62. The summed E-state index contributed by atoms with van der Waals surface area (Å²) in [6.07, 6.45) is 6.24. The molecule has 0 bridgehead atoms. The number of Topliss-reactive ketones (excluding diaryl/α,β-unsaturated/α-hetero) is 1. The van der Waals surface area contributed by atoms with Crippen LogP contribution in [0.4, 0.5) is 5.69 Å². The summed E-state index contributed by atoms with van der Waals surface area (Å²) in [5.74, 6) is -1.63. The van der Waals surface area contributed by atoms with Gasteiger partial charge in [0.2, 0.25) is 0 Å². The van der Waals surface area contributed by atoms with Crippen molar-refractivity contribution in [2.24, 2.45) is 11.0 Å². The Kier molecular flexibility index (Phi) is 5.85. The van der Waals surface area contributed by atoms with Crippen molar-refractivity contribution in [3.05, 3.63) is 36.1 Å². The Labute approximate surface area is 156 Å². The molecule has 1 aromatic carbocycles. The average Bonchev–Trinajstić information content (AvgIpc) is 2.70. The van der Waals surface area contributed by atoms with Crippen LogP contribution in [0.5, 0.6) is 5.75 Å². The van der Waals surface area contributed by atoms with Gasteiger partial charge in [0.15, 0.2) is 5.78 Å². The molecule has 1 aliphatic heterocycles. The van der Waals surface area contributed by atoms with Crippen LogP contribution < -0.4 is 15.5 Å². The maximum atomic E-state index is 12.4. The van der Waals surface area contributed by atoms with E-state index in [1.165, 1.54) is 19.6 Å². The molecule has 3 rings (SSSR count). The number of ketones is 1. The van der Waals surface area contributed by atoms with Crippen LogP contribution in [0.3, 0.4) is 0 Å². The first kappa shape index (κ1) is 18.6. The molecule has 2 atom stereocenters. The molecule has 142 valence electrons. The lowest BCUT2D eigenvalue weighted by atomic mass is 9.80. The molecular formula is C19H21N3O5. The van der Waals surface area contributed by atoms with E-state index in [1.54, 1.807) is 24.3 Å². The first-order valence-corrected chi connectivity index (χ1v) is 8.77. The fourth-order valence-corrected chi connectivity index (χ4v) is 3.22. The topological polar surface area (TPSA) is 106 Å². The number of hydrazone groups is 1. The van der Waals surface area contributed by atoms with Crippen LogP contribution in [0.1, 0.15) is 25.7 Å². The van der Waals surface area contributed by atoms with Crippen LogP contribution in [0.15, 0.2) is 41.2 Å². The highest BCUT2D eigenvalue weighted by Gasteiger charge is 2.36. The average molecular weight is 371 g/mol. The molecule has 8 nitrogen and oxygen atoms in total. The van der Waals surface area contributed by atoms with Crippen molar-refractivity contribution in [3.63, 3.8) is 0 Å². The summed E-state index contributed by atoms with van der Waals surface area (Å²) in [6.45, 7) is 0. The zero-order valence-electron chi connectivity index (χ0n) is 14.9.